The van der Waals surface area contributed by atoms with E-state index in [0.717, 1.165) is 53.1 Å². The van der Waals surface area contributed by atoms with E-state index in [9.17, 15) is 0 Å². The lowest BCUT2D eigenvalue weighted by molar-refractivity contribution is 0.321. The third kappa shape index (κ3) is 4.31. The molecular weight excluding hydrogens is 396 g/mol. The van der Waals surface area contributed by atoms with Crippen molar-refractivity contribution in [3.8, 4) is 0 Å². The summed E-state index contributed by atoms with van der Waals surface area (Å²) in [6.07, 6.45) is 11.1. The summed E-state index contributed by atoms with van der Waals surface area (Å²) >= 11 is 3.54. The smallest absolute Gasteiger partial charge is 0.171 e. The predicted molar refractivity (Wildman–Crippen MR) is 107 cm³/mol. The molecule has 0 spiro atoms. The van der Waals surface area contributed by atoms with E-state index in [1.807, 2.05) is 25.2 Å². The fourth-order valence-corrected chi connectivity index (χ4v) is 3.39. The zero-order chi connectivity index (χ0) is 18.4. The van der Waals surface area contributed by atoms with Gasteiger partial charge < -0.3 is 15.8 Å². The van der Waals surface area contributed by atoms with Gasteiger partial charge in [-0.2, -0.15) is 9.61 Å². The van der Waals surface area contributed by atoms with Crippen LogP contribution in [0.25, 0.3) is 5.65 Å². The molecule has 0 aliphatic carbocycles. The molecule has 0 radical (unpaired) electrons. The van der Waals surface area contributed by atoms with Crippen LogP contribution in [0.3, 0.4) is 0 Å². The van der Waals surface area contributed by atoms with Gasteiger partial charge in [-0.3, -0.25) is 0 Å². The van der Waals surface area contributed by atoms with E-state index in [4.69, 9.17) is 10.2 Å². The van der Waals surface area contributed by atoms with Gasteiger partial charge in [0.2, 0.25) is 0 Å². The Morgan fingerprint density at radius 3 is 3.04 bits per heavy atom. The van der Waals surface area contributed by atoms with Gasteiger partial charge in [0.25, 0.3) is 0 Å². The standard InChI is InChI=1S/C18H23BrN6O/c1-2-3-4-13(11-23-26)10-21-17-9-16(14-5-7-20-8-6-14)24-18-15(19)12-22-25(17)18/h2-4,9,11-12,14,20-21,26H,5-8,10H2,1H3/b3-2-,13-4-,23-11+. The third-order valence-electron chi connectivity index (χ3n) is 4.41. The van der Waals surface area contributed by atoms with Crippen molar-refractivity contribution in [2.24, 2.45) is 5.16 Å². The average molecular weight is 419 g/mol. The second kappa shape index (κ2) is 8.95. The van der Waals surface area contributed by atoms with Gasteiger partial charge in [0.05, 0.1) is 16.9 Å². The first-order valence-corrected chi connectivity index (χ1v) is 9.50. The first-order valence-electron chi connectivity index (χ1n) is 8.71. The second-order valence-corrected chi connectivity index (χ2v) is 7.04. The molecule has 7 nitrogen and oxygen atoms in total. The Morgan fingerprint density at radius 2 is 2.31 bits per heavy atom. The molecule has 0 unspecified atom stereocenters. The Kier molecular flexibility index (Phi) is 6.40. The van der Waals surface area contributed by atoms with E-state index in [-0.39, 0.29) is 0 Å². The summed E-state index contributed by atoms with van der Waals surface area (Å²) in [4.78, 5) is 4.83. The normalized spacial score (nSPS) is 16.9. The number of fused-ring (bicyclic) bond motifs is 1. The summed E-state index contributed by atoms with van der Waals surface area (Å²) in [5.41, 5.74) is 2.74. The Bertz CT molecular complexity index is 836. The van der Waals surface area contributed by atoms with Crippen LogP contribution < -0.4 is 10.6 Å². The zero-order valence-electron chi connectivity index (χ0n) is 14.7. The number of rotatable bonds is 6. The zero-order valence-corrected chi connectivity index (χ0v) is 16.3. The summed E-state index contributed by atoms with van der Waals surface area (Å²) in [5.74, 6) is 1.31. The Morgan fingerprint density at radius 1 is 1.50 bits per heavy atom. The van der Waals surface area contributed by atoms with E-state index in [1.54, 1.807) is 10.7 Å². The van der Waals surface area contributed by atoms with Gasteiger partial charge in [0, 0.05) is 24.2 Å². The minimum absolute atomic E-state index is 0.445. The molecule has 0 aromatic carbocycles. The van der Waals surface area contributed by atoms with Gasteiger partial charge in [0.15, 0.2) is 5.65 Å². The van der Waals surface area contributed by atoms with Gasteiger partial charge in [-0.25, -0.2) is 4.98 Å². The SMILES string of the molecule is C\C=C/C=C(\C=N\O)CNc1cc(C2CCNCC2)nc2c(Br)cnn12. The number of halogens is 1. The van der Waals surface area contributed by atoms with Crippen LogP contribution in [0, 0.1) is 0 Å². The molecule has 26 heavy (non-hydrogen) atoms. The van der Waals surface area contributed by atoms with Crippen molar-refractivity contribution in [2.75, 3.05) is 25.0 Å². The largest absolute Gasteiger partial charge is 0.411 e. The molecule has 2 aromatic heterocycles. The third-order valence-corrected chi connectivity index (χ3v) is 4.97. The van der Waals surface area contributed by atoms with Crippen LogP contribution in [0.4, 0.5) is 5.82 Å². The van der Waals surface area contributed by atoms with Crippen molar-refractivity contribution in [1.82, 2.24) is 19.9 Å². The highest BCUT2D eigenvalue weighted by Gasteiger charge is 2.19. The highest BCUT2D eigenvalue weighted by molar-refractivity contribution is 9.10. The van der Waals surface area contributed by atoms with E-state index in [2.05, 4.69) is 42.9 Å². The van der Waals surface area contributed by atoms with E-state index in [1.165, 1.54) is 6.21 Å². The summed E-state index contributed by atoms with van der Waals surface area (Å²) in [6.45, 7) is 4.49. The molecule has 1 saturated heterocycles. The van der Waals surface area contributed by atoms with Crippen LogP contribution in [-0.4, -0.2) is 45.7 Å². The van der Waals surface area contributed by atoms with Crippen LogP contribution in [-0.2, 0) is 0 Å². The molecule has 3 rings (SSSR count). The number of nitrogens with one attached hydrogen (secondary N) is 2. The molecule has 0 bridgehead atoms. The second-order valence-electron chi connectivity index (χ2n) is 6.18. The quantitative estimate of drug-likeness (QED) is 0.289. The molecular formula is C18H23BrN6O. The Hall–Kier alpha value is -2.19. The molecule has 138 valence electrons. The van der Waals surface area contributed by atoms with Crippen LogP contribution in [0.5, 0.6) is 0 Å². The van der Waals surface area contributed by atoms with Crippen molar-refractivity contribution in [3.63, 3.8) is 0 Å². The molecule has 2 aromatic rings. The van der Waals surface area contributed by atoms with Gasteiger partial charge >= 0.3 is 0 Å². The van der Waals surface area contributed by atoms with Gasteiger partial charge in [-0.15, -0.1) is 0 Å². The Balaban J connectivity index is 1.90. The number of piperidine rings is 1. The number of hydrogen-bond acceptors (Lipinski definition) is 6. The van der Waals surface area contributed by atoms with Crippen molar-refractivity contribution in [2.45, 2.75) is 25.7 Å². The summed E-state index contributed by atoms with van der Waals surface area (Å²) < 4.78 is 2.66. The van der Waals surface area contributed by atoms with Crippen LogP contribution >= 0.6 is 15.9 Å². The van der Waals surface area contributed by atoms with Crippen molar-refractivity contribution in [1.29, 1.82) is 0 Å². The molecule has 0 amide bonds. The molecule has 0 atom stereocenters. The van der Waals surface area contributed by atoms with Gasteiger partial charge in [0.1, 0.15) is 5.82 Å². The first-order chi connectivity index (χ1) is 12.7. The van der Waals surface area contributed by atoms with Crippen LogP contribution in [0.15, 0.2) is 45.7 Å². The van der Waals surface area contributed by atoms with Crippen molar-refractivity contribution >= 4 is 33.6 Å². The highest BCUT2D eigenvalue weighted by Crippen LogP contribution is 2.28. The van der Waals surface area contributed by atoms with Gasteiger partial charge in [-0.05, 0) is 54.4 Å². The van der Waals surface area contributed by atoms with E-state index < -0.39 is 0 Å². The number of anilines is 1. The van der Waals surface area contributed by atoms with Crippen LogP contribution in [0.1, 0.15) is 31.4 Å². The van der Waals surface area contributed by atoms with Crippen molar-refractivity contribution < 1.29 is 5.21 Å². The summed E-state index contributed by atoms with van der Waals surface area (Å²) in [6, 6.07) is 2.08. The average Bonchev–Trinajstić information content (AvgIpc) is 3.05. The maximum atomic E-state index is 8.86. The first kappa shape index (κ1) is 18.6. The minimum Gasteiger partial charge on any atom is -0.411 e. The number of nitrogens with zero attached hydrogens (tertiary/aromatic N) is 4. The molecule has 3 N–H and O–H groups in total. The van der Waals surface area contributed by atoms with E-state index >= 15 is 0 Å². The molecule has 8 heteroatoms. The molecule has 3 heterocycles. The lowest BCUT2D eigenvalue weighted by atomic mass is 9.94. The Labute approximate surface area is 161 Å². The number of aromatic nitrogens is 3. The predicted octanol–water partition coefficient (Wildman–Crippen LogP) is 3.33. The monoisotopic (exact) mass is 418 g/mol. The lowest BCUT2D eigenvalue weighted by Crippen LogP contribution is -2.27. The molecule has 1 fully saturated rings. The van der Waals surface area contributed by atoms with E-state index in [0.29, 0.717) is 12.5 Å². The topological polar surface area (TPSA) is 86.8 Å². The highest BCUT2D eigenvalue weighted by atomic mass is 79.9. The number of oxime groups is 1. The lowest BCUT2D eigenvalue weighted by Gasteiger charge is -2.23. The van der Waals surface area contributed by atoms with Crippen molar-refractivity contribution in [3.05, 3.63) is 46.2 Å². The maximum absolute atomic E-state index is 8.86. The summed E-state index contributed by atoms with van der Waals surface area (Å²) in [7, 11) is 0. The molecule has 1 aliphatic rings. The number of hydrogen-bond donors (Lipinski definition) is 3. The fraction of sp³-hybridized carbons (Fsp3) is 0.389. The maximum Gasteiger partial charge on any atom is 0.171 e. The number of allylic oxidation sites excluding steroid dienone is 3. The molecule has 1 aliphatic heterocycles. The minimum atomic E-state index is 0.445. The fourth-order valence-electron chi connectivity index (χ4n) is 3.04. The van der Waals surface area contributed by atoms with Crippen LogP contribution in [0.2, 0.25) is 0 Å². The summed E-state index contributed by atoms with van der Waals surface area (Å²) in [5, 5.41) is 23.2. The molecule has 0 saturated carbocycles. The van der Waals surface area contributed by atoms with Gasteiger partial charge in [-0.1, -0.05) is 23.4 Å².